The Hall–Kier alpha value is 0.814. The van der Waals surface area contributed by atoms with Crippen LogP contribution in [0.2, 0.25) is 38.3 Å². The third kappa shape index (κ3) is 8.15. The first kappa shape index (κ1) is 33.5. The molecule has 0 saturated heterocycles. The van der Waals surface area contributed by atoms with E-state index in [0.717, 1.165) is 0 Å². The van der Waals surface area contributed by atoms with Crippen molar-refractivity contribution in [3.8, 4) is 0 Å². The second-order valence-electron chi connectivity index (χ2n) is 8.40. The van der Waals surface area contributed by atoms with E-state index in [1.807, 2.05) is 6.88 Å². The van der Waals surface area contributed by atoms with Crippen molar-refractivity contribution in [3.05, 3.63) is 62.4 Å². The maximum atomic E-state index is 2.49. The Labute approximate surface area is 206 Å². The summed E-state index contributed by atoms with van der Waals surface area (Å²) < 4.78 is 0. The van der Waals surface area contributed by atoms with E-state index < -0.39 is 16.1 Å². The third-order valence-electron chi connectivity index (χ3n) is 5.77. The first-order valence-corrected chi connectivity index (χ1v) is 21.6. The second kappa shape index (κ2) is 14.8. The molecule has 0 N–H and O–H groups in total. The van der Waals surface area contributed by atoms with Crippen molar-refractivity contribution in [1.82, 2.24) is 0 Å². The van der Waals surface area contributed by atoms with E-state index in [2.05, 4.69) is 62.6 Å². The molecule has 0 fully saturated rings. The average Bonchev–Trinajstić information content (AvgIpc) is 3.19. The van der Waals surface area contributed by atoms with Gasteiger partial charge in [0.2, 0.25) is 0 Å². The van der Waals surface area contributed by atoms with Gasteiger partial charge in [-0.1, -0.05) is 64.0 Å². The Morgan fingerprint density at radius 2 is 1.07 bits per heavy atom. The molecule has 2 aromatic rings. The first-order chi connectivity index (χ1) is 11.4. The van der Waals surface area contributed by atoms with Crippen molar-refractivity contribution in [1.29, 1.82) is 0 Å². The van der Waals surface area contributed by atoms with Crippen molar-refractivity contribution in [2.24, 2.45) is 0 Å². The Morgan fingerprint density at radius 1 is 0.750 bits per heavy atom. The topological polar surface area (TPSA) is 0 Å². The molecule has 0 radical (unpaired) electrons. The van der Waals surface area contributed by atoms with Crippen LogP contribution in [0.1, 0.15) is 24.0 Å². The van der Waals surface area contributed by atoms with Crippen LogP contribution in [0.25, 0.3) is 0 Å². The Morgan fingerprint density at radius 3 is 1.36 bits per heavy atom. The van der Waals surface area contributed by atoms with Crippen LogP contribution >= 0.6 is 24.8 Å². The molecule has 6 heteroatoms. The van der Waals surface area contributed by atoms with Gasteiger partial charge in [-0.3, -0.25) is 0 Å². The van der Waals surface area contributed by atoms with Gasteiger partial charge >= 0.3 is 30.2 Å². The van der Waals surface area contributed by atoms with Gasteiger partial charge in [0.25, 0.3) is 0 Å². The molecule has 0 amide bonds. The molecule has 0 saturated carbocycles. The molecule has 0 aromatic heterocycles. The number of rotatable bonds is 0. The van der Waals surface area contributed by atoms with Gasteiger partial charge in [0.05, 0.1) is 0 Å². The van der Waals surface area contributed by atoms with Crippen LogP contribution in [0.5, 0.6) is 0 Å². The number of halogens is 2. The quantitative estimate of drug-likeness (QED) is 0.306. The standard InChI is InChI=1S/2C10H15Si.2CH3.2ClH.H2Si.Zr/c2*1-11(2)8-4-6-9-5-3-7-10(9)11;;;;;;/h2*3,5,7H,4,6,8H2,1-2H3;2*1H3;2*1H;1H2;/q4*-1;;;;. The Kier molecular flexibility index (Phi) is 17.6. The van der Waals surface area contributed by atoms with Crippen molar-refractivity contribution in [2.45, 2.75) is 64.0 Å². The fourth-order valence-corrected chi connectivity index (χ4v) is 10.3. The molecule has 2 aliphatic heterocycles. The monoisotopic (exact) mass is 548 g/mol. The van der Waals surface area contributed by atoms with Gasteiger partial charge < -0.3 is 14.9 Å². The summed E-state index contributed by atoms with van der Waals surface area (Å²) in [4.78, 5) is 0. The molecule has 4 rings (SSSR count). The summed E-state index contributed by atoms with van der Waals surface area (Å²) >= 11 is 1.58. The molecule has 0 unspecified atom stereocenters. The van der Waals surface area contributed by atoms with Gasteiger partial charge in [-0.15, -0.1) is 24.8 Å². The number of fused-ring (bicyclic) bond motifs is 2. The van der Waals surface area contributed by atoms with Gasteiger partial charge in [0.15, 0.2) is 0 Å². The second-order valence-corrected chi connectivity index (χ2v) is 18.0. The summed E-state index contributed by atoms with van der Waals surface area (Å²) in [7, 11) is -1.92. The fraction of sp³-hybridized carbons (Fsp3) is 0.455. The van der Waals surface area contributed by atoms with Gasteiger partial charge in [0, 0.05) is 16.1 Å². The summed E-state index contributed by atoms with van der Waals surface area (Å²) in [6, 6.07) is 16.7. The van der Waals surface area contributed by atoms with Crippen molar-refractivity contribution >= 4 is 58.2 Å². The number of aryl methyl sites for hydroxylation is 2. The summed E-state index contributed by atoms with van der Waals surface area (Å²) in [5.74, 6) is 0. The molecule has 2 aliphatic rings. The van der Waals surface area contributed by atoms with Crippen molar-refractivity contribution in [3.63, 3.8) is 0 Å². The van der Waals surface area contributed by atoms with E-state index in [4.69, 9.17) is 0 Å². The summed E-state index contributed by atoms with van der Waals surface area (Å²) in [6.07, 6.45) is 5.52. The molecule has 0 bridgehead atoms. The molecule has 28 heavy (non-hydrogen) atoms. The van der Waals surface area contributed by atoms with E-state index in [1.54, 1.807) is 44.8 Å². The summed E-state index contributed by atoms with van der Waals surface area (Å²) in [5.41, 5.74) is 3.29. The zero-order valence-corrected chi connectivity index (χ0v) is 26.2. The van der Waals surface area contributed by atoms with E-state index in [-0.39, 0.29) is 39.7 Å². The van der Waals surface area contributed by atoms with Crippen molar-refractivity contribution in [2.75, 3.05) is 0 Å². The van der Waals surface area contributed by atoms with Crippen LogP contribution in [0.15, 0.2) is 36.4 Å². The molecule has 0 nitrogen and oxygen atoms in total. The summed E-state index contributed by atoms with van der Waals surface area (Å²) in [5, 5.41) is 3.45. The van der Waals surface area contributed by atoms with Crippen LogP contribution < -0.4 is 10.4 Å². The van der Waals surface area contributed by atoms with Crippen LogP contribution in [0.4, 0.5) is 0 Å². The number of hydrogen-bond acceptors (Lipinski definition) is 0. The molecule has 162 valence electrons. The van der Waals surface area contributed by atoms with Gasteiger partial charge in [0.1, 0.15) is 0 Å². The van der Waals surface area contributed by atoms with E-state index >= 15 is 0 Å². The van der Waals surface area contributed by atoms with Crippen molar-refractivity contribution < 1.29 is 23.3 Å². The molecular weight excluding hydrogens is 511 g/mol. The Bertz CT molecular complexity index is 606. The Balaban J connectivity index is -0.000000363. The van der Waals surface area contributed by atoms with Crippen LogP contribution in [-0.2, 0) is 36.2 Å². The van der Waals surface area contributed by atoms with Gasteiger partial charge in [-0.25, -0.2) is 12.1 Å². The molecule has 0 spiro atoms. The molecule has 0 aliphatic carbocycles. The third-order valence-corrected chi connectivity index (χ3v) is 12.9. The predicted molar refractivity (Wildman–Crippen MR) is 140 cm³/mol. The maximum absolute atomic E-state index is 2.49. The minimum atomic E-state index is -0.959. The zero-order chi connectivity index (χ0) is 17.8. The number of hydrogen-bond donors (Lipinski definition) is 0. The molecule has 2 heterocycles. The van der Waals surface area contributed by atoms with Crippen LogP contribution in [-0.4, -0.2) is 23.0 Å². The van der Waals surface area contributed by atoms with Gasteiger partial charge in [-0.05, 0) is 0 Å². The van der Waals surface area contributed by atoms with E-state index in [0.29, 0.717) is 0 Å². The normalized spacial score (nSPS) is 16.8. The molecule has 0 atom stereocenters. The molecule has 2 aromatic carbocycles. The zero-order valence-electron chi connectivity index (χ0n) is 18.7. The summed E-state index contributed by atoms with van der Waals surface area (Å²) in [6.45, 7) is 11.9. The predicted octanol–water partition coefficient (Wildman–Crippen LogP) is 5.36. The minimum absolute atomic E-state index is 0. The van der Waals surface area contributed by atoms with Gasteiger partial charge in [-0.2, -0.15) is 45.8 Å². The van der Waals surface area contributed by atoms with Crippen LogP contribution in [0.3, 0.4) is 0 Å². The first-order valence-electron chi connectivity index (χ1n) is 9.26. The molecular formula is C22H40Cl2Si3Zr-4. The van der Waals surface area contributed by atoms with Crippen LogP contribution in [0, 0.1) is 14.9 Å². The van der Waals surface area contributed by atoms with E-state index in [9.17, 15) is 0 Å². The SMILES string of the molecule is C[Si]1(C)CCCc2[cH-]ccc21.C[Si]1(C)CCCc2[cH-]ccc21.Cl.Cl.[CH3-].[CH3-].[SiH2]=[Zr]. The average molecular weight is 551 g/mol. The van der Waals surface area contributed by atoms with E-state index in [1.165, 1.54) is 37.8 Å². The fourth-order valence-electron chi connectivity index (χ4n) is 4.38.